The van der Waals surface area contributed by atoms with Gasteiger partial charge in [-0.05, 0) is 36.1 Å². The summed E-state index contributed by atoms with van der Waals surface area (Å²) >= 11 is 3.42. The first-order chi connectivity index (χ1) is 9.61. The first-order valence-electron chi connectivity index (χ1n) is 7.52. The van der Waals surface area contributed by atoms with E-state index in [-0.39, 0.29) is 18.2 Å². The minimum Gasteiger partial charge on any atom is -0.314 e. The molecule has 0 bridgehead atoms. The van der Waals surface area contributed by atoms with E-state index in [9.17, 15) is 4.39 Å². The Morgan fingerprint density at radius 1 is 1.29 bits per heavy atom. The number of hydrogen-bond acceptors (Lipinski definition) is 2. The van der Waals surface area contributed by atoms with Crippen LogP contribution in [0.5, 0.6) is 0 Å². The van der Waals surface area contributed by atoms with E-state index in [1.165, 1.54) is 18.9 Å². The maximum absolute atomic E-state index is 13.7. The van der Waals surface area contributed by atoms with Gasteiger partial charge in [0, 0.05) is 36.7 Å². The van der Waals surface area contributed by atoms with Crippen molar-refractivity contribution in [3.63, 3.8) is 0 Å². The van der Waals surface area contributed by atoms with Crippen LogP contribution in [0.4, 0.5) is 4.39 Å². The molecule has 0 saturated carbocycles. The van der Waals surface area contributed by atoms with Crippen molar-refractivity contribution in [1.29, 1.82) is 0 Å². The summed E-state index contributed by atoms with van der Waals surface area (Å²) in [6, 6.07) is 5.61. The number of benzene rings is 1. The van der Waals surface area contributed by atoms with Crippen LogP contribution in [-0.4, -0.2) is 31.1 Å². The lowest BCUT2D eigenvalue weighted by Gasteiger charge is -2.38. The second kappa shape index (κ2) is 9.09. The predicted molar refractivity (Wildman–Crippen MR) is 92.6 cm³/mol. The SMILES string of the molecule is CCCC(C)[C@@H](c1cc(F)cc(Br)c1)N1CCNCC1.Cl. The van der Waals surface area contributed by atoms with E-state index >= 15 is 0 Å². The minimum absolute atomic E-state index is 0. The van der Waals surface area contributed by atoms with E-state index < -0.39 is 0 Å². The molecule has 0 radical (unpaired) electrons. The number of nitrogens with zero attached hydrogens (tertiary/aromatic N) is 1. The van der Waals surface area contributed by atoms with Crippen molar-refractivity contribution in [3.05, 3.63) is 34.1 Å². The topological polar surface area (TPSA) is 15.3 Å². The van der Waals surface area contributed by atoms with Gasteiger partial charge >= 0.3 is 0 Å². The summed E-state index contributed by atoms with van der Waals surface area (Å²) in [6.45, 7) is 8.61. The number of rotatable bonds is 5. The fourth-order valence-corrected chi connectivity index (χ4v) is 3.70. The van der Waals surface area contributed by atoms with Gasteiger partial charge in [0.05, 0.1) is 0 Å². The largest absolute Gasteiger partial charge is 0.314 e. The maximum atomic E-state index is 13.7. The molecule has 1 aliphatic heterocycles. The summed E-state index contributed by atoms with van der Waals surface area (Å²) in [5.41, 5.74) is 1.10. The standard InChI is InChI=1S/C16H24BrFN2.ClH/c1-3-4-12(2)16(20-7-5-19-6-8-20)13-9-14(17)11-15(18)10-13;/h9-12,16,19H,3-8H2,1-2H3;1H/t12?,16-;/m0./s1. The van der Waals surface area contributed by atoms with E-state index in [4.69, 9.17) is 0 Å². The molecule has 0 amide bonds. The van der Waals surface area contributed by atoms with E-state index in [1.807, 2.05) is 0 Å². The first-order valence-corrected chi connectivity index (χ1v) is 8.32. The lowest BCUT2D eigenvalue weighted by atomic mass is 9.89. The van der Waals surface area contributed by atoms with Crippen LogP contribution < -0.4 is 5.32 Å². The molecule has 2 nitrogen and oxygen atoms in total. The second-order valence-electron chi connectivity index (χ2n) is 5.70. The van der Waals surface area contributed by atoms with Gasteiger partial charge in [-0.15, -0.1) is 12.4 Å². The lowest BCUT2D eigenvalue weighted by Crippen LogP contribution is -2.46. The Morgan fingerprint density at radius 3 is 2.52 bits per heavy atom. The zero-order chi connectivity index (χ0) is 14.5. The second-order valence-corrected chi connectivity index (χ2v) is 6.62. The fourth-order valence-electron chi connectivity index (χ4n) is 3.22. The first kappa shape index (κ1) is 18.9. The highest BCUT2D eigenvalue weighted by Crippen LogP contribution is 2.33. The van der Waals surface area contributed by atoms with Gasteiger partial charge in [0.25, 0.3) is 0 Å². The van der Waals surface area contributed by atoms with Crippen LogP contribution in [0, 0.1) is 11.7 Å². The van der Waals surface area contributed by atoms with Crippen molar-refractivity contribution in [1.82, 2.24) is 10.2 Å². The molecule has 1 unspecified atom stereocenters. The minimum atomic E-state index is -0.154. The molecule has 1 aliphatic rings. The number of halogens is 3. The van der Waals surface area contributed by atoms with Crippen LogP contribution in [0.3, 0.4) is 0 Å². The molecule has 1 aromatic rings. The average molecular weight is 380 g/mol. The third kappa shape index (κ3) is 5.20. The van der Waals surface area contributed by atoms with Crippen LogP contribution in [0.15, 0.2) is 22.7 Å². The highest BCUT2D eigenvalue weighted by atomic mass is 79.9. The molecule has 1 fully saturated rings. The molecule has 0 aliphatic carbocycles. The molecule has 21 heavy (non-hydrogen) atoms. The van der Waals surface area contributed by atoms with E-state index in [2.05, 4.69) is 46.1 Å². The zero-order valence-corrected chi connectivity index (χ0v) is 15.1. The average Bonchev–Trinajstić information content (AvgIpc) is 2.39. The maximum Gasteiger partial charge on any atom is 0.124 e. The highest BCUT2D eigenvalue weighted by molar-refractivity contribution is 9.10. The Hall–Kier alpha value is -0.160. The van der Waals surface area contributed by atoms with Gasteiger partial charge in [-0.2, -0.15) is 0 Å². The molecule has 2 atom stereocenters. The highest BCUT2D eigenvalue weighted by Gasteiger charge is 2.27. The molecular formula is C16H25BrClFN2. The third-order valence-electron chi connectivity index (χ3n) is 4.05. The van der Waals surface area contributed by atoms with Gasteiger partial charge in [0.1, 0.15) is 5.82 Å². The normalized spacial score (nSPS) is 18.9. The van der Waals surface area contributed by atoms with Gasteiger partial charge in [0.15, 0.2) is 0 Å². The molecule has 0 aromatic heterocycles. The fraction of sp³-hybridized carbons (Fsp3) is 0.625. The van der Waals surface area contributed by atoms with Crippen LogP contribution in [0.25, 0.3) is 0 Å². The van der Waals surface area contributed by atoms with Crippen LogP contribution in [0.1, 0.15) is 38.3 Å². The summed E-state index contributed by atoms with van der Waals surface area (Å²) in [4.78, 5) is 2.50. The van der Waals surface area contributed by atoms with E-state index in [0.717, 1.165) is 36.2 Å². The smallest absolute Gasteiger partial charge is 0.124 e. The van der Waals surface area contributed by atoms with Crippen molar-refractivity contribution >= 4 is 28.3 Å². The van der Waals surface area contributed by atoms with Crippen molar-refractivity contribution in [3.8, 4) is 0 Å². The van der Waals surface area contributed by atoms with E-state index in [1.54, 1.807) is 6.07 Å². The number of piperazine rings is 1. The summed E-state index contributed by atoms with van der Waals surface area (Å²) in [6.07, 6.45) is 2.34. The van der Waals surface area contributed by atoms with Gasteiger partial charge in [0.2, 0.25) is 0 Å². The summed E-state index contributed by atoms with van der Waals surface area (Å²) in [5.74, 6) is 0.380. The van der Waals surface area contributed by atoms with Crippen LogP contribution in [0.2, 0.25) is 0 Å². The van der Waals surface area contributed by atoms with Gasteiger partial charge in [-0.1, -0.05) is 36.2 Å². The van der Waals surface area contributed by atoms with Crippen molar-refractivity contribution in [2.75, 3.05) is 26.2 Å². The number of hydrogen-bond donors (Lipinski definition) is 1. The van der Waals surface area contributed by atoms with Crippen LogP contribution >= 0.6 is 28.3 Å². The van der Waals surface area contributed by atoms with Crippen molar-refractivity contribution in [2.45, 2.75) is 32.7 Å². The van der Waals surface area contributed by atoms with Crippen LogP contribution in [-0.2, 0) is 0 Å². The molecule has 1 N–H and O–H groups in total. The summed E-state index contributed by atoms with van der Waals surface area (Å²) < 4.78 is 14.6. The van der Waals surface area contributed by atoms with Gasteiger partial charge < -0.3 is 5.32 Å². The van der Waals surface area contributed by atoms with Crippen molar-refractivity contribution in [2.24, 2.45) is 5.92 Å². The quantitative estimate of drug-likeness (QED) is 0.816. The predicted octanol–water partition coefficient (Wildman–Crippen LogP) is 4.39. The Labute approximate surface area is 142 Å². The molecule has 1 saturated heterocycles. The summed E-state index contributed by atoms with van der Waals surface area (Å²) in [5, 5.41) is 3.39. The molecule has 5 heteroatoms. The third-order valence-corrected chi connectivity index (χ3v) is 4.51. The Balaban J connectivity index is 0.00000220. The monoisotopic (exact) mass is 378 g/mol. The molecule has 120 valence electrons. The van der Waals surface area contributed by atoms with Gasteiger partial charge in [-0.3, -0.25) is 4.90 Å². The Morgan fingerprint density at radius 2 is 1.95 bits per heavy atom. The Kier molecular flexibility index (Phi) is 8.17. The molecule has 0 spiro atoms. The summed E-state index contributed by atoms with van der Waals surface area (Å²) in [7, 11) is 0. The van der Waals surface area contributed by atoms with Crippen molar-refractivity contribution < 1.29 is 4.39 Å². The van der Waals surface area contributed by atoms with E-state index in [0.29, 0.717) is 12.0 Å². The molecule has 1 aromatic carbocycles. The Bertz CT molecular complexity index is 418. The molecule has 1 heterocycles. The molecule has 2 rings (SSSR count). The zero-order valence-electron chi connectivity index (χ0n) is 12.7. The number of nitrogens with one attached hydrogen (secondary N) is 1. The lowest BCUT2D eigenvalue weighted by molar-refractivity contribution is 0.126. The molecular weight excluding hydrogens is 355 g/mol. The van der Waals surface area contributed by atoms with Gasteiger partial charge in [-0.25, -0.2) is 4.39 Å².